The summed E-state index contributed by atoms with van der Waals surface area (Å²) in [5, 5.41) is 0. The number of carbonyl (C=O) groups excluding carboxylic acids is 2. The minimum atomic E-state index is -0.415. The van der Waals surface area contributed by atoms with E-state index in [4.69, 9.17) is 5.73 Å². The molecule has 2 heterocycles. The highest BCUT2D eigenvalue weighted by Gasteiger charge is 2.49. The number of carbonyl (C=O) groups is 2. The normalized spacial score (nSPS) is 25.5. The first-order valence-electron chi connectivity index (χ1n) is 9.01. The van der Waals surface area contributed by atoms with Gasteiger partial charge in [-0.15, -0.1) is 0 Å². The minimum absolute atomic E-state index is 0.0563. The molecule has 2 aliphatic rings. The van der Waals surface area contributed by atoms with E-state index in [0.717, 1.165) is 25.9 Å². The molecule has 0 atom stereocenters. The molecular formula is C18H34N4O2. The molecule has 0 aromatic heterocycles. The van der Waals surface area contributed by atoms with Crippen molar-refractivity contribution in [2.24, 2.45) is 5.73 Å². The van der Waals surface area contributed by atoms with Crippen LogP contribution in [0.15, 0.2) is 0 Å². The van der Waals surface area contributed by atoms with E-state index in [1.54, 1.807) is 16.8 Å². The summed E-state index contributed by atoms with van der Waals surface area (Å²) in [6.45, 7) is 9.96. The van der Waals surface area contributed by atoms with Gasteiger partial charge in [0.05, 0.1) is 0 Å². The lowest BCUT2D eigenvalue weighted by Crippen LogP contribution is -2.67. The van der Waals surface area contributed by atoms with Gasteiger partial charge in [-0.05, 0) is 73.5 Å². The number of piperidine rings is 2. The number of hydrogen-bond acceptors (Lipinski definition) is 4. The lowest BCUT2D eigenvalue weighted by molar-refractivity contribution is -0.164. The zero-order valence-electron chi connectivity index (χ0n) is 16.1. The van der Waals surface area contributed by atoms with E-state index in [9.17, 15) is 9.59 Å². The minimum Gasteiger partial charge on any atom is -0.334 e. The van der Waals surface area contributed by atoms with Crippen molar-refractivity contribution in [3.63, 3.8) is 0 Å². The van der Waals surface area contributed by atoms with E-state index in [1.165, 1.54) is 0 Å². The van der Waals surface area contributed by atoms with Crippen LogP contribution in [0.2, 0.25) is 0 Å². The molecule has 0 aliphatic carbocycles. The van der Waals surface area contributed by atoms with E-state index in [1.807, 2.05) is 27.7 Å². The molecule has 0 aromatic rings. The van der Waals surface area contributed by atoms with Gasteiger partial charge in [-0.2, -0.15) is 0 Å². The maximum atomic E-state index is 13.1. The van der Waals surface area contributed by atoms with Crippen LogP contribution in [0.3, 0.4) is 0 Å². The van der Waals surface area contributed by atoms with Crippen molar-refractivity contribution in [2.45, 2.75) is 76.5 Å². The molecule has 0 radical (unpaired) electrons. The van der Waals surface area contributed by atoms with E-state index in [2.05, 4.69) is 11.9 Å². The summed E-state index contributed by atoms with van der Waals surface area (Å²) in [5.74, 6) is -0.778. The van der Waals surface area contributed by atoms with Crippen LogP contribution in [0.1, 0.15) is 53.4 Å². The van der Waals surface area contributed by atoms with Gasteiger partial charge in [-0.25, -0.2) is 0 Å². The highest BCUT2D eigenvalue weighted by molar-refractivity contribution is 6.35. The van der Waals surface area contributed by atoms with Crippen molar-refractivity contribution in [3.8, 4) is 0 Å². The van der Waals surface area contributed by atoms with Crippen LogP contribution in [0.25, 0.3) is 0 Å². The van der Waals surface area contributed by atoms with Gasteiger partial charge in [0.1, 0.15) is 0 Å². The number of rotatable bonds is 1. The summed E-state index contributed by atoms with van der Waals surface area (Å²) < 4.78 is 0. The summed E-state index contributed by atoms with van der Waals surface area (Å²) in [5.41, 5.74) is 5.35. The van der Waals surface area contributed by atoms with Gasteiger partial charge in [0.15, 0.2) is 0 Å². The van der Waals surface area contributed by atoms with Crippen molar-refractivity contribution in [2.75, 3.05) is 27.2 Å². The summed E-state index contributed by atoms with van der Waals surface area (Å²) in [6.07, 6.45) is 3.27. The zero-order valence-corrected chi connectivity index (χ0v) is 16.1. The van der Waals surface area contributed by atoms with Crippen molar-refractivity contribution in [1.29, 1.82) is 0 Å². The van der Waals surface area contributed by atoms with Crippen molar-refractivity contribution in [1.82, 2.24) is 14.7 Å². The van der Waals surface area contributed by atoms with Gasteiger partial charge >= 0.3 is 11.8 Å². The van der Waals surface area contributed by atoms with E-state index in [-0.39, 0.29) is 18.0 Å². The standard InChI is InChI=1S/C18H34N4O2/c1-17(2)11-13(19)12-18(3,4)22(17)16(24)15(23)21(6)14-7-9-20(5)10-8-14/h13-14H,7-12,19H2,1-6H3. The van der Waals surface area contributed by atoms with Gasteiger partial charge in [0.25, 0.3) is 0 Å². The molecule has 2 amide bonds. The molecule has 0 bridgehead atoms. The smallest absolute Gasteiger partial charge is 0.312 e. The molecular weight excluding hydrogens is 304 g/mol. The van der Waals surface area contributed by atoms with Crippen LogP contribution < -0.4 is 5.73 Å². The van der Waals surface area contributed by atoms with Crippen LogP contribution in [0.4, 0.5) is 0 Å². The number of nitrogens with two attached hydrogens (primary N) is 1. The lowest BCUT2D eigenvalue weighted by Gasteiger charge is -2.54. The molecule has 2 N–H and O–H groups in total. The average molecular weight is 338 g/mol. The first-order chi connectivity index (χ1) is 11.0. The van der Waals surface area contributed by atoms with Gasteiger partial charge in [0.2, 0.25) is 0 Å². The Labute approximate surface area is 146 Å². The Kier molecular flexibility index (Phi) is 5.31. The number of likely N-dealkylation sites (N-methyl/N-ethyl adjacent to an activating group) is 1. The van der Waals surface area contributed by atoms with Gasteiger partial charge in [-0.1, -0.05) is 0 Å². The molecule has 2 rings (SSSR count). The molecule has 0 aromatic carbocycles. The summed E-state index contributed by atoms with van der Waals surface area (Å²) in [6, 6.07) is 0.205. The Balaban J connectivity index is 2.15. The Bertz CT molecular complexity index is 477. The predicted octanol–water partition coefficient (Wildman–Crippen LogP) is 1.05. The third-order valence-corrected chi connectivity index (χ3v) is 5.68. The Morgan fingerprint density at radius 1 is 1.04 bits per heavy atom. The zero-order chi connectivity index (χ0) is 18.3. The Morgan fingerprint density at radius 2 is 1.50 bits per heavy atom. The van der Waals surface area contributed by atoms with Gasteiger partial charge < -0.3 is 20.4 Å². The second kappa shape index (κ2) is 6.64. The number of amides is 2. The molecule has 24 heavy (non-hydrogen) atoms. The molecule has 2 aliphatic heterocycles. The second-order valence-electron chi connectivity index (χ2n) is 8.88. The first-order valence-corrected chi connectivity index (χ1v) is 9.01. The maximum Gasteiger partial charge on any atom is 0.312 e. The molecule has 0 unspecified atom stereocenters. The second-order valence-corrected chi connectivity index (χ2v) is 8.88. The largest absolute Gasteiger partial charge is 0.334 e. The average Bonchev–Trinajstić information content (AvgIpc) is 2.43. The van der Waals surface area contributed by atoms with Gasteiger partial charge in [0, 0.05) is 30.2 Å². The van der Waals surface area contributed by atoms with E-state index >= 15 is 0 Å². The van der Waals surface area contributed by atoms with Crippen molar-refractivity contribution in [3.05, 3.63) is 0 Å². The van der Waals surface area contributed by atoms with Crippen molar-refractivity contribution >= 4 is 11.8 Å². The molecule has 6 nitrogen and oxygen atoms in total. The van der Waals surface area contributed by atoms with Gasteiger partial charge in [-0.3, -0.25) is 9.59 Å². The fourth-order valence-electron chi connectivity index (χ4n) is 4.70. The van der Waals surface area contributed by atoms with E-state index < -0.39 is 17.0 Å². The van der Waals surface area contributed by atoms with Crippen LogP contribution >= 0.6 is 0 Å². The third-order valence-electron chi connectivity index (χ3n) is 5.68. The van der Waals surface area contributed by atoms with Crippen LogP contribution in [0.5, 0.6) is 0 Å². The van der Waals surface area contributed by atoms with E-state index in [0.29, 0.717) is 12.8 Å². The molecule has 0 saturated carbocycles. The maximum absolute atomic E-state index is 13.1. The summed E-state index contributed by atoms with van der Waals surface area (Å²) >= 11 is 0. The van der Waals surface area contributed by atoms with Crippen LogP contribution in [-0.4, -0.2) is 76.9 Å². The third kappa shape index (κ3) is 3.75. The number of hydrogen-bond donors (Lipinski definition) is 1. The topological polar surface area (TPSA) is 69.9 Å². The Morgan fingerprint density at radius 3 is 1.96 bits per heavy atom. The number of likely N-dealkylation sites (tertiary alicyclic amines) is 2. The van der Waals surface area contributed by atoms with Crippen molar-refractivity contribution < 1.29 is 9.59 Å². The highest BCUT2D eigenvalue weighted by Crippen LogP contribution is 2.38. The number of nitrogens with zero attached hydrogens (tertiary/aromatic N) is 3. The fourth-order valence-corrected chi connectivity index (χ4v) is 4.70. The summed E-state index contributed by atoms with van der Waals surface area (Å²) in [4.78, 5) is 31.6. The predicted molar refractivity (Wildman–Crippen MR) is 95.5 cm³/mol. The molecule has 138 valence electrons. The SMILES string of the molecule is CN1CCC(N(C)C(=O)C(=O)N2C(C)(C)CC(N)CC2(C)C)CC1. The monoisotopic (exact) mass is 338 g/mol. The molecule has 2 fully saturated rings. The van der Waals surface area contributed by atoms with Crippen LogP contribution in [0, 0.1) is 0 Å². The lowest BCUT2D eigenvalue weighted by atomic mass is 9.77. The first kappa shape index (κ1) is 19.2. The quantitative estimate of drug-likeness (QED) is 0.726. The molecule has 0 spiro atoms. The molecule has 2 saturated heterocycles. The summed E-state index contributed by atoms with van der Waals surface area (Å²) in [7, 11) is 3.86. The Hall–Kier alpha value is -1.14. The fraction of sp³-hybridized carbons (Fsp3) is 0.889. The molecule has 6 heteroatoms. The van der Waals surface area contributed by atoms with Crippen LogP contribution in [-0.2, 0) is 9.59 Å². The highest BCUT2D eigenvalue weighted by atomic mass is 16.2.